The van der Waals surface area contributed by atoms with Crippen molar-refractivity contribution in [3.63, 3.8) is 0 Å². The lowest BCUT2D eigenvalue weighted by Crippen LogP contribution is -2.36. The van der Waals surface area contributed by atoms with E-state index in [0.717, 1.165) is 48.5 Å². The Hall–Kier alpha value is -1.70. The van der Waals surface area contributed by atoms with Gasteiger partial charge in [0.15, 0.2) is 0 Å². The van der Waals surface area contributed by atoms with E-state index >= 15 is 0 Å². The van der Waals surface area contributed by atoms with Crippen molar-refractivity contribution in [2.45, 2.75) is 105 Å². The molecule has 1 aliphatic rings. The number of allylic oxidation sites excluding steroid dienone is 4. The van der Waals surface area contributed by atoms with Crippen molar-refractivity contribution in [1.29, 1.82) is 0 Å². The second-order valence-corrected chi connectivity index (χ2v) is 9.75. The number of fused-ring (bicyclic) bond motifs is 1. The zero-order chi connectivity index (χ0) is 21.4. The minimum absolute atomic E-state index is 0.106. The molecule has 0 saturated heterocycles. The van der Waals surface area contributed by atoms with Crippen LogP contribution in [0.3, 0.4) is 0 Å². The number of hydrogen-bond acceptors (Lipinski definition) is 2. The van der Waals surface area contributed by atoms with Gasteiger partial charge in [0.1, 0.15) is 17.1 Å². The lowest BCUT2D eigenvalue weighted by Gasteiger charge is -2.36. The SMILES string of the molecule is CC(C)=CCC[C@H](C)CCC/C(C)=C/CC[C@]1(C)CCc2cc(O)cc(C)c2O1. The summed E-state index contributed by atoms with van der Waals surface area (Å²) in [6.07, 6.45) is 15.3. The van der Waals surface area contributed by atoms with Crippen LogP contribution in [-0.2, 0) is 6.42 Å². The molecule has 0 spiro atoms. The summed E-state index contributed by atoms with van der Waals surface area (Å²) in [7, 11) is 0. The van der Waals surface area contributed by atoms with Gasteiger partial charge in [0.2, 0.25) is 0 Å². The van der Waals surface area contributed by atoms with Crippen molar-refractivity contribution < 1.29 is 9.84 Å². The molecule has 0 radical (unpaired) electrons. The lowest BCUT2D eigenvalue weighted by molar-refractivity contribution is 0.0561. The van der Waals surface area contributed by atoms with Crippen molar-refractivity contribution in [2.24, 2.45) is 5.92 Å². The van der Waals surface area contributed by atoms with E-state index in [4.69, 9.17) is 4.74 Å². The Balaban J connectivity index is 1.74. The quantitative estimate of drug-likeness (QED) is 0.404. The lowest BCUT2D eigenvalue weighted by atomic mass is 9.87. The van der Waals surface area contributed by atoms with Crippen molar-refractivity contribution >= 4 is 0 Å². The van der Waals surface area contributed by atoms with Gasteiger partial charge < -0.3 is 9.84 Å². The van der Waals surface area contributed by atoms with Crippen LogP contribution in [0.2, 0.25) is 0 Å². The summed E-state index contributed by atoms with van der Waals surface area (Å²) < 4.78 is 6.41. The summed E-state index contributed by atoms with van der Waals surface area (Å²) in [5.74, 6) is 2.15. The third-order valence-electron chi connectivity index (χ3n) is 6.25. The van der Waals surface area contributed by atoms with Crippen LogP contribution in [0.1, 0.15) is 97.1 Å². The Morgan fingerprint density at radius 3 is 2.66 bits per heavy atom. The van der Waals surface area contributed by atoms with Crippen molar-refractivity contribution in [1.82, 2.24) is 0 Å². The van der Waals surface area contributed by atoms with Gasteiger partial charge in [-0.3, -0.25) is 0 Å². The molecule has 0 amide bonds. The molecule has 1 aromatic carbocycles. The maximum absolute atomic E-state index is 9.81. The molecule has 2 rings (SSSR count). The molecule has 162 valence electrons. The fourth-order valence-electron chi connectivity index (χ4n) is 4.29. The van der Waals surface area contributed by atoms with Gasteiger partial charge in [-0.25, -0.2) is 0 Å². The number of hydrogen-bond donors (Lipinski definition) is 1. The monoisotopic (exact) mass is 398 g/mol. The van der Waals surface area contributed by atoms with Crippen LogP contribution < -0.4 is 4.74 Å². The molecule has 0 unspecified atom stereocenters. The Kier molecular flexibility index (Phi) is 8.86. The molecule has 2 atom stereocenters. The van der Waals surface area contributed by atoms with E-state index in [1.807, 2.05) is 13.0 Å². The topological polar surface area (TPSA) is 29.5 Å². The number of rotatable bonds is 10. The van der Waals surface area contributed by atoms with Crippen molar-refractivity contribution in [3.8, 4) is 11.5 Å². The fourth-order valence-corrected chi connectivity index (χ4v) is 4.29. The summed E-state index contributed by atoms with van der Waals surface area (Å²) in [6, 6.07) is 3.65. The van der Waals surface area contributed by atoms with Gasteiger partial charge in [-0.15, -0.1) is 0 Å². The Morgan fingerprint density at radius 1 is 1.17 bits per heavy atom. The molecule has 0 bridgehead atoms. The van der Waals surface area contributed by atoms with Gasteiger partial charge in [0, 0.05) is 0 Å². The summed E-state index contributed by atoms with van der Waals surface area (Å²) in [4.78, 5) is 0. The summed E-state index contributed by atoms with van der Waals surface area (Å²) in [5.41, 5.74) is 5.03. The normalized spacial score (nSPS) is 20.0. The number of ether oxygens (including phenoxy) is 1. The first-order chi connectivity index (χ1) is 13.7. The molecule has 0 saturated carbocycles. The van der Waals surface area contributed by atoms with E-state index in [-0.39, 0.29) is 5.60 Å². The van der Waals surface area contributed by atoms with Crippen LogP contribution in [-0.4, -0.2) is 10.7 Å². The number of aromatic hydroxyl groups is 1. The average molecular weight is 399 g/mol. The van der Waals surface area contributed by atoms with Gasteiger partial charge in [-0.1, -0.05) is 36.6 Å². The van der Waals surface area contributed by atoms with Crippen LogP contribution in [0.4, 0.5) is 0 Å². The molecule has 1 N–H and O–H groups in total. The predicted octanol–water partition coefficient (Wildman–Crippen LogP) is 8.06. The molecule has 1 aromatic rings. The number of phenolic OH excluding ortho intramolecular Hbond substituents is 1. The van der Waals surface area contributed by atoms with Crippen molar-refractivity contribution in [3.05, 3.63) is 46.6 Å². The molecular weight excluding hydrogens is 356 g/mol. The maximum atomic E-state index is 9.81. The summed E-state index contributed by atoms with van der Waals surface area (Å²) >= 11 is 0. The highest BCUT2D eigenvalue weighted by Gasteiger charge is 2.31. The zero-order valence-electron chi connectivity index (χ0n) is 19.6. The average Bonchev–Trinajstić information content (AvgIpc) is 2.62. The van der Waals surface area contributed by atoms with Crippen LogP contribution in [0.25, 0.3) is 0 Å². The number of aryl methyl sites for hydroxylation is 2. The molecule has 2 heteroatoms. The second-order valence-electron chi connectivity index (χ2n) is 9.75. The smallest absolute Gasteiger partial charge is 0.126 e. The molecular formula is C27H42O2. The predicted molar refractivity (Wildman–Crippen MR) is 125 cm³/mol. The summed E-state index contributed by atoms with van der Waals surface area (Å²) in [6.45, 7) is 13.3. The Morgan fingerprint density at radius 2 is 1.93 bits per heavy atom. The Bertz CT molecular complexity index is 724. The Labute approximate surface area is 179 Å². The highest BCUT2D eigenvalue weighted by Crippen LogP contribution is 2.39. The summed E-state index contributed by atoms with van der Waals surface area (Å²) in [5, 5.41) is 9.81. The molecule has 0 aromatic heterocycles. The fraction of sp³-hybridized carbons (Fsp3) is 0.630. The minimum Gasteiger partial charge on any atom is -0.508 e. The molecule has 29 heavy (non-hydrogen) atoms. The first-order valence-corrected chi connectivity index (χ1v) is 11.5. The maximum Gasteiger partial charge on any atom is 0.126 e. The molecule has 0 aliphatic carbocycles. The molecule has 2 nitrogen and oxygen atoms in total. The first-order valence-electron chi connectivity index (χ1n) is 11.5. The van der Waals surface area contributed by atoms with Gasteiger partial charge >= 0.3 is 0 Å². The van der Waals surface area contributed by atoms with Crippen LogP contribution in [0.5, 0.6) is 11.5 Å². The number of phenols is 1. The van der Waals surface area contributed by atoms with Crippen molar-refractivity contribution in [2.75, 3.05) is 0 Å². The van der Waals surface area contributed by atoms with Crippen LogP contribution in [0, 0.1) is 12.8 Å². The standard InChI is InChI=1S/C27H42O2/c1-20(2)10-7-11-21(3)12-8-13-22(4)14-9-16-27(6)17-15-24-19-25(28)18-23(5)26(24)29-27/h10,14,18-19,21,28H,7-9,11-13,15-17H2,1-6H3/b22-14+/t21-,27+/m0/s1. The zero-order valence-corrected chi connectivity index (χ0v) is 19.6. The molecule has 1 heterocycles. The third kappa shape index (κ3) is 7.91. The van der Waals surface area contributed by atoms with Gasteiger partial charge in [0.25, 0.3) is 0 Å². The van der Waals surface area contributed by atoms with Crippen LogP contribution >= 0.6 is 0 Å². The second kappa shape index (κ2) is 10.9. The molecule has 1 aliphatic heterocycles. The number of benzene rings is 1. The van der Waals surface area contributed by atoms with E-state index in [1.165, 1.54) is 43.3 Å². The largest absolute Gasteiger partial charge is 0.508 e. The van der Waals surface area contributed by atoms with Gasteiger partial charge in [-0.2, -0.15) is 0 Å². The van der Waals surface area contributed by atoms with Gasteiger partial charge in [-0.05, 0) is 115 Å². The highest BCUT2D eigenvalue weighted by atomic mass is 16.5. The minimum atomic E-state index is -0.106. The van der Waals surface area contributed by atoms with E-state index in [1.54, 1.807) is 6.07 Å². The van der Waals surface area contributed by atoms with Crippen LogP contribution in [0.15, 0.2) is 35.4 Å². The van der Waals surface area contributed by atoms with Gasteiger partial charge in [0.05, 0.1) is 0 Å². The third-order valence-corrected chi connectivity index (χ3v) is 6.25. The highest BCUT2D eigenvalue weighted by molar-refractivity contribution is 5.47. The van der Waals surface area contributed by atoms with E-state index < -0.39 is 0 Å². The van der Waals surface area contributed by atoms with E-state index in [2.05, 4.69) is 46.8 Å². The first kappa shape index (κ1) is 23.6. The van der Waals surface area contributed by atoms with E-state index in [0.29, 0.717) is 5.75 Å². The molecule has 0 fully saturated rings. The van der Waals surface area contributed by atoms with E-state index in [9.17, 15) is 5.11 Å².